The molecule has 0 bridgehead atoms. The van der Waals surface area contributed by atoms with Crippen LogP contribution in [0.5, 0.6) is 0 Å². The number of rotatable bonds is 5. The highest BCUT2D eigenvalue weighted by molar-refractivity contribution is 7.89. The summed E-state index contributed by atoms with van der Waals surface area (Å²) in [5.41, 5.74) is 0.103. The third-order valence-electron chi connectivity index (χ3n) is 5.00. The van der Waals surface area contributed by atoms with Crippen molar-refractivity contribution in [2.24, 2.45) is 0 Å². The highest BCUT2D eigenvalue weighted by Crippen LogP contribution is 2.20. The van der Waals surface area contributed by atoms with Crippen molar-refractivity contribution in [3.8, 4) is 11.5 Å². The molecular formula is C18H23N3O5S. The van der Waals surface area contributed by atoms with Crippen molar-refractivity contribution in [3.05, 3.63) is 46.4 Å². The zero-order chi connectivity index (χ0) is 19.6. The maximum atomic E-state index is 12.7. The number of nitrogens with one attached hydrogen (secondary N) is 1. The second kappa shape index (κ2) is 7.69. The minimum Gasteiger partial charge on any atom is -0.463 e. The first kappa shape index (κ1) is 19.4. The van der Waals surface area contributed by atoms with Gasteiger partial charge in [0.05, 0.1) is 17.7 Å². The highest BCUT2D eigenvalue weighted by Gasteiger charge is 2.31. The first-order valence-corrected chi connectivity index (χ1v) is 10.5. The van der Waals surface area contributed by atoms with Gasteiger partial charge in [0.25, 0.3) is 11.5 Å². The first-order chi connectivity index (χ1) is 12.8. The van der Waals surface area contributed by atoms with Gasteiger partial charge in [-0.2, -0.15) is 0 Å². The zero-order valence-electron chi connectivity index (χ0n) is 15.3. The number of carbonyl (C=O) groups is 1. The predicted molar refractivity (Wildman–Crippen MR) is 101 cm³/mol. The quantitative estimate of drug-likeness (QED) is 0.829. The molecule has 1 fully saturated rings. The van der Waals surface area contributed by atoms with E-state index in [0.717, 1.165) is 0 Å². The van der Waals surface area contributed by atoms with Crippen molar-refractivity contribution < 1.29 is 17.6 Å². The van der Waals surface area contributed by atoms with Crippen LogP contribution in [0.15, 0.2) is 39.7 Å². The molecule has 0 unspecified atom stereocenters. The summed E-state index contributed by atoms with van der Waals surface area (Å²) in [7, 11) is -1.67. The summed E-state index contributed by atoms with van der Waals surface area (Å²) in [5, 5.41) is 0. The monoisotopic (exact) mass is 393 g/mol. The summed E-state index contributed by atoms with van der Waals surface area (Å²) in [5.74, 6) is 0.230. The fourth-order valence-corrected chi connectivity index (χ4v) is 4.32. The molecule has 2 aromatic heterocycles. The summed E-state index contributed by atoms with van der Waals surface area (Å²) in [4.78, 5) is 29.3. The lowest BCUT2D eigenvalue weighted by atomic mass is 10.0. The van der Waals surface area contributed by atoms with Gasteiger partial charge in [0.1, 0.15) is 11.3 Å². The number of sulfonamides is 1. The summed E-state index contributed by atoms with van der Waals surface area (Å²) >= 11 is 0. The summed E-state index contributed by atoms with van der Waals surface area (Å²) in [6.07, 6.45) is 2.60. The minimum atomic E-state index is -3.25. The Hall–Kier alpha value is -2.39. The SMILES string of the molecule is CCS(=O)(=O)N(C)C1CCN(C(=O)c2ccc(-c3ccco3)[nH]c2=O)CC1. The van der Waals surface area contributed by atoms with Crippen LogP contribution in [-0.2, 0) is 10.0 Å². The van der Waals surface area contributed by atoms with E-state index in [2.05, 4.69) is 4.98 Å². The van der Waals surface area contributed by atoms with Crippen LogP contribution in [0, 0.1) is 0 Å². The van der Waals surface area contributed by atoms with Crippen LogP contribution in [0.1, 0.15) is 30.1 Å². The molecular weight excluding hydrogens is 370 g/mol. The third kappa shape index (κ3) is 3.98. The van der Waals surface area contributed by atoms with Crippen molar-refractivity contribution in [1.29, 1.82) is 0 Å². The average molecular weight is 393 g/mol. The van der Waals surface area contributed by atoms with Crippen molar-refractivity contribution in [2.45, 2.75) is 25.8 Å². The lowest BCUT2D eigenvalue weighted by Crippen LogP contribution is -2.48. The maximum absolute atomic E-state index is 12.7. The van der Waals surface area contributed by atoms with Gasteiger partial charge >= 0.3 is 0 Å². The van der Waals surface area contributed by atoms with Gasteiger partial charge in [-0.05, 0) is 44.0 Å². The highest BCUT2D eigenvalue weighted by atomic mass is 32.2. The number of nitrogens with zero attached hydrogens (tertiary/aromatic N) is 2. The minimum absolute atomic E-state index is 0.0556. The number of carbonyl (C=O) groups excluding carboxylic acids is 1. The molecule has 9 heteroatoms. The number of aromatic nitrogens is 1. The van der Waals surface area contributed by atoms with E-state index in [1.807, 2.05) is 0 Å². The van der Waals surface area contributed by atoms with Crippen LogP contribution >= 0.6 is 0 Å². The van der Waals surface area contributed by atoms with Crippen LogP contribution in [0.2, 0.25) is 0 Å². The van der Waals surface area contributed by atoms with Crippen molar-refractivity contribution in [3.63, 3.8) is 0 Å². The Kier molecular flexibility index (Phi) is 5.52. The lowest BCUT2D eigenvalue weighted by Gasteiger charge is -2.36. The van der Waals surface area contributed by atoms with Crippen molar-refractivity contribution in [2.75, 3.05) is 25.9 Å². The largest absolute Gasteiger partial charge is 0.463 e. The molecule has 0 aliphatic carbocycles. The molecule has 27 heavy (non-hydrogen) atoms. The Balaban J connectivity index is 1.69. The van der Waals surface area contributed by atoms with Gasteiger partial charge in [-0.1, -0.05) is 0 Å². The second-order valence-electron chi connectivity index (χ2n) is 6.53. The number of aromatic amines is 1. The number of pyridine rings is 1. The Labute approximate surface area is 157 Å². The van der Waals surface area contributed by atoms with Gasteiger partial charge in [-0.15, -0.1) is 0 Å². The number of amides is 1. The van der Waals surface area contributed by atoms with E-state index in [-0.39, 0.29) is 23.3 Å². The number of likely N-dealkylation sites (tertiary alicyclic amines) is 1. The van der Waals surface area contributed by atoms with E-state index >= 15 is 0 Å². The lowest BCUT2D eigenvalue weighted by molar-refractivity contribution is 0.0684. The van der Waals surface area contributed by atoms with E-state index in [1.165, 1.54) is 16.6 Å². The molecule has 1 amide bonds. The molecule has 0 spiro atoms. The Morgan fingerprint density at radius 2 is 2.00 bits per heavy atom. The van der Waals surface area contributed by atoms with Gasteiger partial charge < -0.3 is 14.3 Å². The average Bonchev–Trinajstić information content (AvgIpc) is 3.21. The van der Waals surface area contributed by atoms with E-state index < -0.39 is 15.6 Å². The molecule has 1 aliphatic rings. The summed E-state index contributed by atoms with van der Waals surface area (Å²) < 4.78 is 30.6. The molecule has 2 aromatic rings. The fourth-order valence-electron chi connectivity index (χ4n) is 3.25. The van der Waals surface area contributed by atoms with Gasteiger partial charge in [0.2, 0.25) is 10.0 Å². The molecule has 3 rings (SSSR count). The number of piperidine rings is 1. The van der Waals surface area contributed by atoms with Crippen LogP contribution in [0.25, 0.3) is 11.5 Å². The van der Waals surface area contributed by atoms with E-state index in [0.29, 0.717) is 37.4 Å². The predicted octanol–water partition coefficient (Wildman–Crippen LogP) is 1.52. The molecule has 0 saturated carbocycles. The van der Waals surface area contributed by atoms with Crippen LogP contribution in [0.3, 0.4) is 0 Å². The van der Waals surface area contributed by atoms with Crippen molar-refractivity contribution in [1.82, 2.24) is 14.2 Å². The van der Waals surface area contributed by atoms with E-state index in [4.69, 9.17) is 4.42 Å². The van der Waals surface area contributed by atoms with Crippen LogP contribution in [-0.4, -0.2) is 60.4 Å². The number of furan rings is 1. The molecule has 1 N–H and O–H groups in total. The maximum Gasteiger partial charge on any atom is 0.261 e. The number of hydrogen-bond donors (Lipinski definition) is 1. The smallest absolute Gasteiger partial charge is 0.261 e. The number of hydrogen-bond acceptors (Lipinski definition) is 5. The van der Waals surface area contributed by atoms with E-state index in [9.17, 15) is 18.0 Å². The zero-order valence-corrected chi connectivity index (χ0v) is 16.2. The fraction of sp³-hybridized carbons (Fsp3) is 0.444. The molecule has 0 radical (unpaired) electrons. The molecule has 1 aliphatic heterocycles. The summed E-state index contributed by atoms with van der Waals surface area (Å²) in [6, 6.07) is 6.45. The molecule has 8 nitrogen and oxygen atoms in total. The van der Waals surface area contributed by atoms with Crippen LogP contribution in [0.4, 0.5) is 0 Å². The number of H-pyrrole nitrogens is 1. The molecule has 0 aromatic carbocycles. The Morgan fingerprint density at radius 3 is 2.56 bits per heavy atom. The molecule has 146 valence electrons. The normalized spacial score (nSPS) is 16.0. The van der Waals surface area contributed by atoms with Crippen LogP contribution < -0.4 is 5.56 Å². The molecule has 3 heterocycles. The van der Waals surface area contributed by atoms with Gasteiger partial charge in [-0.3, -0.25) is 9.59 Å². The molecule has 1 saturated heterocycles. The summed E-state index contributed by atoms with van der Waals surface area (Å²) in [6.45, 7) is 2.43. The Morgan fingerprint density at radius 1 is 1.30 bits per heavy atom. The Bertz CT molecular complexity index is 957. The topological polar surface area (TPSA) is 104 Å². The first-order valence-electron chi connectivity index (χ1n) is 8.85. The standard InChI is InChI=1S/C18H23N3O5S/c1-3-27(24,25)20(2)13-8-10-21(11-9-13)18(23)14-6-7-15(19-17(14)22)16-5-4-12-26-16/h4-7,12-13H,3,8-11H2,1-2H3,(H,19,22). The third-order valence-corrected chi connectivity index (χ3v) is 6.90. The second-order valence-corrected chi connectivity index (χ2v) is 8.85. The van der Waals surface area contributed by atoms with E-state index in [1.54, 1.807) is 37.1 Å². The van der Waals surface area contributed by atoms with Gasteiger partial charge in [0, 0.05) is 26.2 Å². The van der Waals surface area contributed by atoms with Crippen molar-refractivity contribution >= 4 is 15.9 Å². The van der Waals surface area contributed by atoms with Gasteiger partial charge in [-0.25, -0.2) is 12.7 Å². The molecule has 0 atom stereocenters. The van der Waals surface area contributed by atoms with Gasteiger partial charge in [0.15, 0.2) is 0 Å².